The number of rotatable bonds is 4. The molecule has 0 fully saturated rings. The molecule has 0 saturated carbocycles. The van der Waals surface area contributed by atoms with Gasteiger partial charge in [0.1, 0.15) is 5.75 Å². The van der Waals surface area contributed by atoms with E-state index in [1.807, 2.05) is 13.0 Å². The third kappa shape index (κ3) is 2.23. The Morgan fingerprint density at radius 3 is 3.05 bits per heavy atom. The summed E-state index contributed by atoms with van der Waals surface area (Å²) in [5, 5.41) is 0.771. The summed E-state index contributed by atoms with van der Waals surface area (Å²) in [5.41, 5.74) is 8.18. The molecular formula is C16H15N3O2. The van der Waals surface area contributed by atoms with Gasteiger partial charge in [0, 0.05) is 40.7 Å². The Morgan fingerprint density at radius 2 is 2.24 bits per heavy atom. The largest absolute Gasteiger partial charge is 0.493 e. The van der Waals surface area contributed by atoms with Crippen LogP contribution in [-0.4, -0.2) is 22.4 Å². The zero-order valence-electron chi connectivity index (χ0n) is 11.6. The molecule has 106 valence electrons. The van der Waals surface area contributed by atoms with Crippen molar-refractivity contribution in [2.45, 2.75) is 6.92 Å². The molecule has 0 atom stereocenters. The first-order valence-electron chi connectivity index (χ1n) is 6.69. The van der Waals surface area contributed by atoms with Crippen LogP contribution in [0.4, 0.5) is 5.69 Å². The number of ketones is 1. The van der Waals surface area contributed by atoms with E-state index in [4.69, 9.17) is 10.5 Å². The monoisotopic (exact) mass is 281 g/mol. The number of benzene rings is 1. The number of ether oxygens (including phenoxy) is 1. The average molecular weight is 281 g/mol. The molecule has 0 radical (unpaired) electrons. The van der Waals surface area contributed by atoms with Gasteiger partial charge in [0.15, 0.2) is 0 Å². The lowest BCUT2D eigenvalue weighted by Crippen LogP contribution is -2.08. The number of H-pyrrole nitrogens is 1. The zero-order valence-corrected chi connectivity index (χ0v) is 11.6. The van der Waals surface area contributed by atoms with Crippen LogP contribution < -0.4 is 10.5 Å². The minimum absolute atomic E-state index is 0.171. The van der Waals surface area contributed by atoms with E-state index in [0.717, 1.165) is 10.9 Å². The molecule has 5 heteroatoms. The maximum atomic E-state index is 12.8. The van der Waals surface area contributed by atoms with E-state index in [9.17, 15) is 4.79 Å². The smallest absolute Gasteiger partial charge is 0.201 e. The summed E-state index contributed by atoms with van der Waals surface area (Å²) in [7, 11) is 0. The van der Waals surface area contributed by atoms with Crippen molar-refractivity contribution in [2.24, 2.45) is 0 Å². The lowest BCUT2D eigenvalue weighted by molar-refractivity contribution is 0.103. The highest BCUT2D eigenvalue weighted by molar-refractivity contribution is 6.19. The zero-order chi connectivity index (χ0) is 14.8. The van der Waals surface area contributed by atoms with Gasteiger partial charge < -0.3 is 15.5 Å². The predicted molar refractivity (Wildman–Crippen MR) is 81.5 cm³/mol. The number of nitrogens with one attached hydrogen (secondary N) is 1. The van der Waals surface area contributed by atoms with Crippen molar-refractivity contribution >= 4 is 22.4 Å². The van der Waals surface area contributed by atoms with Crippen LogP contribution in [0.1, 0.15) is 22.8 Å². The number of aromatic nitrogens is 2. The summed E-state index contributed by atoms with van der Waals surface area (Å²) in [6.07, 6.45) is 5.02. The molecule has 0 bridgehead atoms. The number of pyridine rings is 1. The minimum atomic E-state index is -0.171. The summed E-state index contributed by atoms with van der Waals surface area (Å²) < 4.78 is 5.52. The highest BCUT2D eigenvalue weighted by Gasteiger charge is 2.20. The first-order valence-corrected chi connectivity index (χ1v) is 6.69. The van der Waals surface area contributed by atoms with Crippen LogP contribution in [0.5, 0.6) is 5.75 Å². The molecule has 0 aliphatic carbocycles. The van der Waals surface area contributed by atoms with Crippen LogP contribution in [0.15, 0.2) is 42.9 Å². The van der Waals surface area contributed by atoms with Crippen molar-refractivity contribution in [1.29, 1.82) is 0 Å². The van der Waals surface area contributed by atoms with Crippen molar-refractivity contribution in [2.75, 3.05) is 12.3 Å². The van der Waals surface area contributed by atoms with E-state index in [-0.39, 0.29) is 5.78 Å². The first kappa shape index (κ1) is 13.2. The van der Waals surface area contributed by atoms with Crippen LogP contribution >= 0.6 is 0 Å². The maximum absolute atomic E-state index is 12.8. The van der Waals surface area contributed by atoms with Crippen LogP contribution in [0.2, 0.25) is 0 Å². The van der Waals surface area contributed by atoms with Gasteiger partial charge in [-0.05, 0) is 25.1 Å². The number of anilines is 1. The Bertz CT molecular complexity index is 808. The molecule has 3 rings (SSSR count). The Hall–Kier alpha value is -2.82. The molecule has 0 unspecified atom stereocenters. The molecule has 2 heterocycles. The molecule has 0 amide bonds. The maximum Gasteiger partial charge on any atom is 0.201 e. The van der Waals surface area contributed by atoms with E-state index in [0.29, 0.717) is 29.2 Å². The van der Waals surface area contributed by atoms with Crippen molar-refractivity contribution in [3.63, 3.8) is 0 Å². The minimum Gasteiger partial charge on any atom is -0.493 e. The number of hydrogen-bond acceptors (Lipinski definition) is 4. The Morgan fingerprint density at radius 1 is 1.38 bits per heavy atom. The second-order valence-corrected chi connectivity index (χ2v) is 4.61. The van der Waals surface area contributed by atoms with E-state index >= 15 is 0 Å². The molecule has 1 aromatic carbocycles. The molecule has 2 aromatic heterocycles. The quantitative estimate of drug-likeness (QED) is 0.569. The van der Waals surface area contributed by atoms with Gasteiger partial charge in [0.2, 0.25) is 5.78 Å². The van der Waals surface area contributed by atoms with Crippen LogP contribution in [0.25, 0.3) is 10.9 Å². The topological polar surface area (TPSA) is 81.0 Å². The van der Waals surface area contributed by atoms with Gasteiger partial charge >= 0.3 is 0 Å². The van der Waals surface area contributed by atoms with Crippen LogP contribution in [0, 0.1) is 0 Å². The standard InChI is InChI=1S/C16H15N3O2/c1-2-21-14-5-3-4-12(17)15(14)16(20)11-9-19-13-6-7-18-8-10(11)13/h3-9,19H,2,17H2,1H3. The third-order valence-corrected chi connectivity index (χ3v) is 3.31. The Balaban J connectivity index is 2.14. The van der Waals surface area contributed by atoms with Gasteiger partial charge in [-0.3, -0.25) is 9.78 Å². The number of hydrogen-bond donors (Lipinski definition) is 2. The number of carbonyl (C=O) groups is 1. The summed E-state index contributed by atoms with van der Waals surface area (Å²) in [4.78, 5) is 20.0. The van der Waals surface area contributed by atoms with Gasteiger partial charge in [0.25, 0.3) is 0 Å². The Labute approximate surface area is 121 Å². The predicted octanol–water partition coefficient (Wildman–Crippen LogP) is 2.77. The van der Waals surface area contributed by atoms with Crippen molar-refractivity contribution < 1.29 is 9.53 Å². The number of nitrogens with zero attached hydrogens (tertiary/aromatic N) is 1. The molecular weight excluding hydrogens is 266 g/mol. The Kier molecular flexibility index (Phi) is 3.31. The number of nitrogen functional groups attached to an aromatic ring is 1. The second kappa shape index (κ2) is 5.28. The number of nitrogens with two attached hydrogens (primary N) is 1. The summed E-state index contributed by atoms with van der Waals surface area (Å²) in [6.45, 7) is 2.34. The SMILES string of the molecule is CCOc1cccc(N)c1C(=O)c1c[nH]c2ccncc12. The van der Waals surface area contributed by atoms with Crippen molar-refractivity contribution in [1.82, 2.24) is 9.97 Å². The molecule has 0 saturated heterocycles. The molecule has 0 aliphatic heterocycles. The van der Waals surface area contributed by atoms with Gasteiger partial charge in [-0.2, -0.15) is 0 Å². The third-order valence-electron chi connectivity index (χ3n) is 3.31. The summed E-state index contributed by atoms with van der Waals surface area (Å²) >= 11 is 0. The molecule has 0 spiro atoms. The number of carbonyl (C=O) groups excluding carboxylic acids is 1. The second-order valence-electron chi connectivity index (χ2n) is 4.61. The summed E-state index contributed by atoms with van der Waals surface area (Å²) in [6, 6.07) is 7.04. The van der Waals surface area contributed by atoms with Gasteiger partial charge in [-0.25, -0.2) is 0 Å². The van der Waals surface area contributed by atoms with E-state index < -0.39 is 0 Å². The van der Waals surface area contributed by atoms with Crippen LogP contribution in [0.3, 0.4) is 0 Å². The van der Waals surface area contributed by atoms with Crippen molar-refractivity contribution in [3.05, 3.63) is 54.0 Å². The highest BCUT2D eigenvalue weighted by Crippen LogP contribution is 2.29. The lowest BCUT2D eigenvalue weighted by Gasteiger charge is -2.11. The van der Waals surface area contributed by atoms with E-state index in [1.165, 1.54) is 0 Å². The highest BCUT2D eigenvalue weighted by atomic mass is 16.5. The molecule has 21 heavy (non-hydrogen) atoms. The first-order chi connectivity index (χ1) is 10.2. The number of fused-ring (bicyclic) bond motifs is 1. The van der Waals surface area contributed by atoms with Crippen LogP contribution in [-0.2, 0) is 0 Å². The van der Waals surface area contributed by atoms with E-state index in [2.05, 4.69) is 9.97 Å². The van der Waals surface area contributed by atoms with Gasteiger partial charge in [-0.1, -0.05) is 6.07 Å². The molecule has 5 nitrogen and oxygen atoms in total. The van der Waals surface area contributed by atoms with Gasteiger partial charge in [0.05, 0.1) is 12.2 Å². The molecule has 0 aliphatic rings. The fourth-order valence-electron chi connectivity index (χ4n) is 2.35. The normalized spacial score (nSPS) is 10.7. The molecule has 3 aromatic rings. The number of aromatic amines is 1. The van der Waals surface area contributed by atoms with E-state index in [1.54, 1.807) is 36.8 Å². The van der Waals surface area contributed by atoms with Crippen molar-refractivity contribution in [3.8, 4) is 5.75 Å². The fourth-order valence-corrected chi connectivity index (χ4v) is 2.35. The molecule has 3 N–H and O–H groups in total. The van der Waals surface area contributed by atoms with Gasteiger partial charge in [-0.15, -0.1) is 0 Å². The average Bonchev–Trinajstić information content (AvgIpc) is 2.91. The summed E-state index contributed by atoms with van der Waals surface area (Å²) in [5.74, 6) is 0.330. The lowest BCUT2D eigenvalue weighted by atomic mass is 10.0. The fraction of sp³-hybridized carbons (Fsp3) is 0.125.